The number of nitrogens with one attached hydrogen (secondary N) is 1. The van der Waals surface area contributed by atoms with Crippen molar-refractivity contribution in [3.63, 3.8) is 0 Å². The van der Waals surface area contributed by atoms with Gasteiger partial charge in [0.25, 0.3) is 0 Å². The molecule has 0 aliphatic rings. The van der Waals surface area contributed by atoms with E-state index in [-0.39, 0.29) is 29.8 Å². The van der Waals surface area contributed by atoms with Gasteiger partial charge in [-0.25, -0.2) is 4.39 Å². The van der Waals surface area contributed by atoms with Crippen LogP contribution in [0, 0.1) is 5.82 Å². The third kappa shape index (κ3) is 7.10. The second-order valence-electron chi connectivity index (χ2n) is 5.23. The summed E-state index contributed by atoms with van der Waals surface area (Å²) in [6.45, 7) is 2.68. The SMILES string of the molecule is CN(C)CCCNCc1ccc(-c2ccc(F)c(Cl)c2)o1.Cl.Cl. The first-order chi connectivity index (χ1) is 10.1. The molecule has 0 atom stereocenters. The summed E-state index contributed by atoms with van der Waals surface area (Å²) >= 11 is 5.78. The lowest BCUT2D eigenvalue weighted by Crippen LogP contribution is -2.20. The smallest absolute Gasteiger partial charge is 0.141 e. The lowest BCUT2D eigenvalue weighted by molar-refractivity contribution is 0.391. The summed E-state index contributed by atoms with van der Waals surface area (Å²) in [6, 6.07) is 8.38. The molecule has 0 bridgehead atoms. The summed E-state index contributed by atoms with van der Waals surface area (Å²) < 4.78 is 18.9. The van der Waals surface area contributed by atoms with Crippen LogP contribution in [0.4, 0.5) is 4.39 Å². The Kier molecular flexibility index (Phi) is 10.5. The number of benzene rings is 1. The van der Waals surface area contributed by atoms with E-state index in [1.54, 1.807) is 12.1 Å². The zero-order valence-electron chi connectivity index (χ0n) is 13.1. The minimum atomic E-state index is -0.422. The van der Waals surface area contributed by atoms with Crippen LogP contribution in [0.1, 0.15) is 12.2 Å². The Bertz CT molecular complexity index is 590. The predicted octanol–water partition coefficient (Wildman–Crippen LogP) is 4.62. The molecule has 0 aliphatic carbocycles. The fourth-order valence-corrected chi connectivity index (χ4v) is 2.19. The number of halogens is 4. The molecule has 1 aromatic carbocycles. The number of rotatable bonds is 7. The molecule has 1 heterocycles. The average Bonchev–Trinajstić information content (AvgIpc) is 2.90. The molecule has 7 heteroatoms. The molecule has 0 radical (unpaired) electrons. The molecular weight excluding hydrogens is 362 g/mol. The minimum Gasteiger partial charge on any atom is -0.460 e. The van der Waals surface area contributed by atoms with Crippen LogP contribution in [-0.2, 0) is 6.54 Å². The molecule has 2 aromatic rings. The zero-order valence-corrected chi connectivity index (χ0v) is 15.5. The molecular formula is C16H22Cl3FN2O. The average molecular weight is 384 g/mol. The van der Waals surface area contributed by atoms with Crippen LogP contribution in [0.25, 0.3) is 11.3 Å². The fraction of sp³-hybridized carbons (Fsp3) is 0.375. The van der Waals surface area contributed by atoms with Crippen LogP contribution in [-0.4, -0.2) is 32.1 Å². The maximum absolute atomic E-state index is 13.1. The van der Waals surface area contributed by atoms with E-state index in [0.717, 1.165) is 30.8 Å². The standard InChI is InChI=1S/C16H20ClFN2O.2ClH/c1-20(2)9-3-8-19-11-13-5-7-16(21-13)12-4-6-15(18)14(17)10-12;;/h4-7,10,19H,3,8-9,11H2,1-2H3;2*1H. The molecule has 1 aromatic heterocycles. The Morgan fingerprint density at radius 3 is 2.57 bits per heavy atom. The molecule has 0 saturated heterocycles. The van der Waals surface area contributed by atoms with E-state index in [0.29, 0.717) is 12.3 Å². The number of nitrogens with zero attached hydrogens (tertiary/aromatic N) is 1. The van der Waals surface area contributed by atoms with Crippen LogP contribution < -0.4 is 5.32 Å². The maximum atomic E-state index is 13.1. The third-order valence-corrected chi connectivity index (χ3v) is 3.41. The normalized spacial score (nSPS) is 10.3. The van der Waals surface area contributed by atoms with Gasteiger partial charge in [0.15, 0.2) is 0 Å². The van der Waals surface area contributed by atoms with Crippen molar-refractivity contribution in [1.82, 2.24) is 10.2 Å². The van der Waals surface area contributed by atoms with E-state index in [4.69, 9.17) is 16.0 Å². The Balaban J connectivity index is 0.00000242. The van der Waals surface area contributed by atoms with Crippen LogP contribution in [0.15, 0.2) is 34.7 Å². The lowest BCUT2D eigenvalue weighted by atomic mass is 10.2. The molecule has 3 nitrogen and oxygen atoms in total. The van der Waals surface area contributed by atoms with E-state index in [1.165, 1.54) is 6.07 Å². The number of furan rings is 1. The number of hydrogen-bond donors (Lipinski definition) is 1. The molecule has 0 fully saturated rings. The summed E-state index contributed by atoms with van der Waals surface area (Å²) in [5, 5.41) is 3.44. The van der Waals surface area contributed by atoms with Crippen molar-refractivity contribution in [2.24, 2.45) is 0 Å². The second kappa shape index (κ2) is 10.9. The Morgan fingerprint density at radius 2 is 1.91 bits per heavy atom. The zero-order chi connectivity index (χ0) is 15.2. The topological polar surface area (TPSA) is 28.4 Å². The highest BCUT2D eigenvalue weighted by atomic mass is 35.5. The highest BCUT2D eigenvalue weighted by Gasteiger charge is 2.07. The van der Waals surface area contributed by atoms with Crippen LogP contribution in [0.5, 0.6) is 0 Å². The van der Waals surface area contributed by atoms with E-state index in [1.807, 2.05) is 12.1 Å². The van der Waals surface area contributed by atoms with Gasteiger partial charge >= 0.3 is 0 Å². The van der Waals surface area contributed by atoms with Crippen molar-refractivity contribution in [1.29, 1.82) is 0 Å². The highest BCUT2D eigenvalue weighted by Crippen LogP contribution is 2.26. The summed E-state index contributed by atoms with van der Waals surface area (Å²) in [4.78, 5) is 2.16. The summed E-state index contributed by atoms with van der Waals surface area (Å²) in [6.07, 6.45) is 1.09. The number of hydrogen-bond acceptors (Lipinski definition) is 3. The van der Waals surface area contributed by atoms with Crippen molar-refractivity contribution >= 4 is 36.4 Å². The van der Waals surface area contributed by atoms with Crippen LogP contribution >= 0.6 is 36.4 Å². The van der Waals surface area contributed by atoms with Crippen molar-refractivity contribution in [3.05, 3.63) is 46.9 Å². The lowest BCUT2D eigenvalue weighted by Gasteiger charge is -2.09. The summed E-state index contributed by atoms with van der Waals surface area (Å²) in [5.41, 5.74) is 0.778. The van der Waals surface area contributed by atoms with Crippen molar-refractivity contribution in [2.75, 3.05) is 27.2 Å². The first-order valence-corrected chi connectivity index (χ1v) is 7.33. The van der Waals surface area contributed by atoms with E-state index >= 15 is 0 Å². The monoisotopic (exact) mass is 382 g/mol. The Labute approximate surface area is 154 Å². The fourth-order valence-electron chi connectivity index (χ4n) is 2.01. The van der Waals surface area contributed by atoms with Gasteiger partial charge in [0.2, 0.25) is 0 Å². The molecule has 130 valence electrons. The van der Waals surface area contributed by atoms with E-state index in [2.05, 4.69) is 24.3 Å². The summed E-state index contributed by atoms with van der Waals surface area (Å²) in [5.74, 6) is 1.13. The van der Waals surface area contributed by atoms with Gasteiger partial charge in [-0.2, -0.15) is 0 Å². The van der Waals surface area contributed by atoms with Crippen LogP contribution in [0.3, 0.4) is 0 Å². The molecule has 0 saturated carbocycles. The first kappa shape index (κ1) is 22.2. The molecule has 0 spiro atoms. The molecule has 1 N–H and O–H groups in total. The van der Waals surface area contributed by atoms with Gasteiger partial charge in [-0.05, 0) is 63.9 Å². The van der Waals surface area contributed by atoms with Crippen molar-refractivity contribution in [3.8, 4) is 11.3 Å². The van der Waals surface area contributed by atoms with Gasteiger partial charge in [0, 0.05) is 5.56 Å². The molecule has 0 amide bonds. The highest BCUT2D eigenvalue weighted by molar-refractivity contribution is 6.31. The molecule has 2 rings (SSSR count). The van der Waals surface area contributed by atoms with Crippen LogP contribution in [0.2, 0.25) is 5.02 Å². The van der Waals surface area contributed by atoms with Crippen molar-refractivity contribution in [2.45, 2.75) is 13.0 Å². The van der Waals surface area contributed by atoms with Gasteiger partial charge in [0.1, 0.15) is 17.3 Å². The van der Waals surface area contributed by atoms with E-state index in [9.17, 15) is 4.39 Å². The third-order valence-electron chi connectivity index (χ3n) is 3.12. The quantitative estimate of drug-likeness (QED) is 0.707. The van der Waals surface area contributed by atoms with Gasteiger partial charge in [-0.3, -0.25) is 0 Å². The molecule has 0 unspecified atom stereocenters. The summed E-state index contributed by atoms with van der Waals surface area (Å²) in [7, 11) is 4.12. The maximum Gasteiger partial charge on any atom is 0.141 e. The second-order valence-corrected chi connectivity index (χ2v) is 5.64. The Morgan fingerprint density at radius 1 is 1.17 bits per heavy atom. The van der Waals surface area contributed by atoms with Gasteiger partial charge in [-0.15, -0.1) is 24.8 Å². The van der Waals surface area contributed by atoms with Gasteiger partial charge in [-0.1, -0.05) is 11.6 Å². The Hall–Kier alpha value is -0.780. The van der Waals surface area contributed by atoms with Gasteiger partial charge in [0.05, 0.1) is 11.6 Å². The van der Waals surface area contributed by atoms with E-state index < -0.39 is 5.82 Å². The largest absolute Gasteiger partial charge is 0.460 e. The minimum absolute atomic E-state index is 0. The molecule has 0 aliphatic heterocycles. The first-order valence-electron chi connectivity index (χ1n) is 6.96. The predicted molar refractivity (Wildman–Crippen MR) is 98.5 cm³/mol. The molecule has 23 heavy (non-hydrogen) atoms. The van der Waals surface area contributed by atoms with Gasteiger partial charge < -0.3 is 14.6 Å². The van der Waals surface area contributed by atoms with Crippen molar-refractivity contribution < 1.29 is 8.81 Å².